The first-order valence-corrected chi connectivity index (χ1v) is 9.40. The van der Waals surface area contributed by atoms with Crippen LogP contribution in [0.3, 0.4) is 0 Å². The van der Waals surface area contributed by atoms with Gasteiger partial charge >= 0.3 is 5.97 Å². The van der Waals surface area contributed by atoms with Crippen molar-refractivity contribution in [2.45, 2.75) is 17.6 Å². The summed E-state index contributed by atoms with van der Waals surface area (Å²) in [5.41, 5.74) is 6.52. The van der Waals surface area contributed by atoms with E-state index in [1.54, 1.807) is 6.07 Å². The van der Waals surface area contributed by atoms with Crippen molar-refractivity contribution in [3.63, 3.8) is 0 Å². The smallest absolute Gasteiger partial charge is 0.307 e. The van der Waals surface area contributed by atoms with Crippen molar-refractivity contribution in [1.29, 1.82) is 5.26 Å². The Morgan fingerprint density at radius 3 is 2.76 bits per heavy atom. The number of nitrogens with one attached hydrogen (secondary N) is 1. The lowest BCUT2D eigenvalue weighted by Gasteiger charge is -2.31. The van der Waals surface area contributed by atoms with Gasteiger partial charge in [-0.2, -0.15) is 5.26 Å². The molecule has 1 aromatic carbocycles. The third-order valence-electron chi connectivity index (χ3n) is 4.63. The average Bonchev–Trinajstić information content (AvgIpc) is 3.03. The first-order valence-electron chi connectivity index (χ1n) is 8.52. The van der Waals surface area contributed by atoms with Gasteiger partial charge in [-0.1, -0.05) is 23.9 Å². The molecule has 1 aromatic rings. The second-order valence-corrected chi connectivity index (χ2v) is 7.45. The molecular weight excluding hydrogens is 399 g/mol. The normalized spacial score (nSPS) is 21.0. The van der Waals surface area contributed by atoms with Gasteiger partial charge in [0.15, 0.2) is 0 Å². The SMILES string of the molecule is CNC(=O)C1=C2S[C@H](CC(=O)OC)C(=O)N2C(N)=C(C#N)[C@@H]1c1cccc(F)c1. The number of thioether (sulfide) groups is 1. The number of carbonyl (C=O) groups excluding carboxylic acids is 3. The van der Waals surface area contributed by atoms with Crippen LogP contribution in [0.25, 0.3) is 0 Å². The molecule has 3 N–H and O–H groups in total. The highest BCUT2D eigenvalue weighted by Gasteiger charge is 2.48. The molecule has 8 nitrogen and oxygen atoms in total. The topological polar surface area (TPSA) is 126 Å². The number of rotatable bonds is 4. The molecule has 2 atom stereocenters. The van der Waals surface area contributed by atoms with E-state index in [-0.39, 0.29) is 28.4 Å². The monoisotopic (exact) mass is 416 g/mol. The lowest BCUT2D eigenvalue weighted by Crippen LogP contribution is -2.39. The van der Waals surface area contributed by atoms with Gasteiger partial charge in [-0.15, -0.1) is 0 Å². The van der Waals surface area contributed by atoms with Crippen molar-refractivity contribution in [1.82, 2.24) is 10.2 Å². The Morgan fingerprint density at radius 1 is 1.45 bits per heavy atom. The van der Waals surface area contributed by atoms with E-state index in [1.165, 1.54) is 32.4 Å². The zero-order valence-corrected chi connectivity index (χ0v) is 16.4. The highest BCUT2D eigenvalue weighted by atomic mass is 32.2. The summed E-state index contributed by atoms with van der Waals surface area (Å²) in [4.78, 5) is 38.4. The maximum absolute atomic E-state index is 13.9. The van der Waals surface area contributed by atoms with E-state index in [4.69, 9.17) is 5.73 Å². The highest BCUT2D eigenvalue weighted by Crippen LogP contribution is 2.49. The molecule has 1 saturated heterocycles. The Balaban J connectivity index is 2.21. The molecule has 2 aliphatic rings. The molecule has 29 heavy (non-hydrogen) atoms. The Morgan fingerprint density at radius 2 is 2.17 bits per heavy atom. The summed E-state index contributed by atoms with van der Waals surface area (Å²) in [7, 11) is 2.61. The van der Waals surface area contributed by atoms with Crippen LogP contribution in [0.4, 0.5) is 4.39 Å². The van der Waals surface area contributed by atoms with Gasteiger partial charge in [-0.3, -0.25) is 19.3 Å². The largest absolute Gasteiger partial charge is 0.469 e. The van der Waals surface area contributed by atoms with E-state index in [1.807, 2.05) is 6.07 Å². The van der Waals surface area contributed by atoms with Gasteiger partial charge in [0.25, 0.3) is 5.91 Å². The fourth-order valence-corrected chi connectivity index (χ4v) is 4.62. The number of carbonyl (C=O) groups is 3. The van der Waals surface area contributed by atoms with E-state index >= 15 is 0 Å². The number of likely N-dealkylation sites (N-methyl/N-ethyl adjacent to an activating group) is 1. The molecule has 0 aromatic heterocycles. The number of amides is 2. The first-order chi connectivity index (χ1) is 13.8. The molecule has 1 fully saturated rings. The minimum Gasteiger partial charge on any atom is -0.469 e. The zero-order valence-electron chi connectivity index (χ0n) is 15.6. The Labute approximate surface area is 170 Å². The van der Waals surface area contributed by atoms with Gasteiger partial charge in [0.2, 0.25) is 5.91 Å². The first kappa shape index (κ1) is 20.4. The van der Waals surface area contributed by atoms with E-state index in [0.29, 0.717) is 5.56 Å². The molecule has 0 bridgehead atoms. The number of nitrogens with two attached hydrogens (primary N) is 1. The summed E-state index contributed by atoms with van der Waals surface area (Å²) >= 11 is 0.994. The molecule has 2 heterocycles. The van der Waals surface area contributed by atoms with E-state index < -0.39 is 34.8 Å². The molecule has 10 heteroatoms. The zero-order chi connectivity index (χ0) is 21.3. The molecule has 0 unspecified atom stereocenters. The van der Waals surface area contributed by atoms with Gasteiger partial charge in [-0.25, -0.2) is 4.39 Å². The number of allylic oxidation sites excluding steroid dienone is 1. The van der Waals surface area contributed by atoms with Crippen molar-refractivity contribution in [3.8, 4) is 6.07 Å². The number of nitriles is 1. The molecule has 0 radical (unpaired) electrons. The van der Waals surface area contributed by atoms with Crippen LogP contribution < -0.4 is 11.1 Å². The molecule has 2 amide bonds. The second-order valence-electron chi connectivity index (χ2n) is 6.26. The van der Waals surface area contributed by atoms with E-state index in [9.17, 15) is 24.0 Å². The number of methoxy groups -OCH3 is 1. The third-order valence-corrected chi connectivity index (χ3v) is 5.91. The predicted octanol–water partition coefficient (Wildman–Crippen LogP) is 1.08. The quantitative estimate of drug-likeness (QED) is 0.704. The Kier molecular flexibility index (Phi) is 5.61. The average molecular weight is 416 g/mol. The molecule has 0 spiro atoms. The number of halogens is 1. The summed E-state index contributed by atoms with van der Waals surface area (Å²) in [6.07, 6.45) is -0.221. The number of nitrogens with zero attached hydrogens (tertiary/aromatic N) is 2. The molecule has 2 aliphatic heterocycles. The summed E-state index contributed by atoms with van der Waals surface area (Å²) in [6.45, 7) is 0. The Bertz CT molecular complexity index is 1010. The fourth-order valence-electron chi connectivity index (χ4n) is 3.30. The summed E-state index contributed by atoms with van der Waals surface area (Å²) in [6, 6.07) is 7.44. The number of benzene rings is 1. The fraction of sp³-hybridized carbons (Fsp3) is 0.263. The third kappa shape index (κ3) is 3.45. The number of fused-ring (bicyclic) bond motifs is 1. The maximum Gasteiger partial charge on any atom is 0.307 e. The van der Waals surface area contributed by atoms with Gasteiger partial charge in [-0.05, 0) is 17.7 Å². The molecule has 0 saturated carbocycles. The molecule has 3 rings (SSSR count). The Hall–Kier alpha value is -3.32. The van der Waals surface area contributed by atoms with Gasteiger partial charge in [0.1, 0.15) is 16.9 Å². The summed E-state index contributed by atoms with van der Waals surface area (Å²) in [5, 5.41) is 11.6. The van der Waals surface area contributed by atoms with E-state index in [0.717, 1.165) is 16.7 Å². The van der Waals surface area contributed by atoms with Crippen LogP contribution in [-0.4, -0.2) is 42.1 Å². The van der Waals surface area contributed by atoms with Gasteiger partial charge in [0, 0.05) is 7.05 Å². The van der Waals surface area contributed by atoms with Gasteiger partial charge < -0.3 is 15.8 Å². The van der Waals surface area contributed by atoms with E-state index in [2.05, 4.69) is 10.1 Å². The standard InChI is InChI=1S/C19H17FN4O4S/c1-23-17(26)15-14(9-4-3-5-10(20)6-9)11(8-21)16(22)24-18(27)12(29-19(15)24)7-13(25)28-2/h3-6,12,14H,7,22H2,1-2H3,(H,23,26)/t12-,14+/m1/s1. The van der Waals surface area contributed by atoms with Crippen LogP contribution in [0.15, 0.2) is 46.3 Å². The number of ether oxygens (including phenoxy) is 1. The minimum absolute atomic E-state index is 0.0504. The lowest BCUT2D eigenvalue weighted by atomic mass is 9.82. The van der Waals surface area contributed by atoms with Crippen molar-refractivity contribution in [3.05, 3.63) is 57.6 Å². The van der Waals surface area contributed by atoms with Crippen LogP contribution in [0.2, 0.25) is 0 Å². The highest BCUT2D eigenvalue weighted by molar-refractivity contribution is 8.04. The van der Waals surface area contributed by atoms with Crippen molar-refractivity contribution >= 4 is 29.5 Å². The summed E-state index contributed by atoms with van der Waals surface area (Å²) < 4.78 is 18.5. The number of hydrogen-bond acceptors (Lipinski definition) is 7. The number of hydrogen-bond donors (Lipinski definition) is 2. The minimum atomic E-state index is -0.959. The molecule has 0 aliphatic carbocycles. The van der Waals surface area contributed by atoms with Crippen LogP contribution in [0.5, 0.6) is 0 Å². The van der Waals surface area contributed by atoms with Crippen LogP contribution in [0, 0.1) is 17.1 Å². The van der Waals surface area contributed by atoms with Crippen LogP contribution in [0.1, 0.15) is 17.9 Å². The molecular formula is C19H17FN4O4S. The predicted molar refractivity (Wildman–Crippen MR) is 102 cm³/mol. The molecule has 150 valence electrons. The number of esters is 1. The lowest BCUT2D eigenvalue weighted by molar-refractivity contribution is -0.142. The van der Waals surface area contributed by atoms with Crippen molar-refractivity contribution < 1.29 is 23.5 Å². The van der Waals surface area contributed by atoms with Crippen molar-refractivity contribution in [2.24, 2.45) is 5.73 Å². The van der Waals surface area contributed by atoms with Crippen LogP contribution in [-0.2, 0) is 19.1 Å². The van der Waals surface area contributed by atoms with Gasteiger partial charge in [0.05, 0.1) is 41.7 Å². The summed E-state index contributed by atoms with van der Waals surface area (Å²) in [5.74, 6) is -3.31. The van der Waals surface area contributed by atoms with Crippen LogP contribution >= 0.6 is 11.8 Å². The second kappa shape index (κ2) is 7.97. The van der Waals surface area contributed by atoms with Crippen molar-refractivity contribution in [2.75, 3.05) is 14.2 Å². The maximum atomic E-state index is 13.9.